The van der Waals surface area contributed by atoms with Crippen LogP contribution in [-0.4, -0.2) is 34.5 Å². The fourth-order valence-corrected chi connectivity index (χ4v) is 4.77. The fourth-order valence-electron chi connectivity index (χ4n) is 4.77. The first kappa shape index (κ1) is 22.9. The summed E-state index contributed by atoms with van der Waals surface area (Å²) >= 11 is 0. The Hall–Kier alpha value is -1.74. The lowest BCUT2D eigenvalue weighted by Crippen LogP contribution is -2.26. The largest absolute Gasteiger partial charge is 0.304 e. The fraction of sp³-hybridized carbons (Fsp3) is 0.630. The van der Waals surface area contributed by atoms with E-state index in [1.807, 2.05) is 6.07 Å². The van der Waals surface area contributed by atoms with Crippen molar-refractivity contribution in [3.63, 3.8) is 0 Å². The van der Waals surface area contributed by atoms with E-state index in [4.69, 9.17) is 0 Å². The number of benzene rings is 1. The van der Waals surface area contributed by atoms with Gasteiger partial charge >= 0.3 is 0 Å². The summed E-state index contributed by atoms with van der Waals surface area (Å²) in [4.78, 5) is 11.3. The highest BCUT2D eigenvalue weighted by molar-refractivity contribution is 5.54. The molecule has 0 spiro atoms. The lowest BCUT2D eigenvalue weighted by Gasteiger charge is -2.26. The highest BCUT2D eigenvalue weighted by Gasteiger charge is 2.17. The van der Waals surface area contributed by atoms with E-state index in [0.29, 0.717) is 0 Å². The topological polar surface area (TPSA) is 29.0 Å². The van der Waals surface area contributed by atoms with Crippen molar-refractivity contribution >= 4 is 0 Å². The summed E-state index contributed by atoms with van der Waals surface area (Å²) in [5.41, 5.74) is 2.50. The van der Waals surface area contributed by atoms with Crippen LogP contribution in [0.3, 0.4) is 0 Å². The van der Waals surface area contributed by atoms with E-state index in [1.165, 1.54) is 83.0 Å². The maximum absolute atomic E-state index is 4.33. The summed E-state index contributed by atoms with van der Waals surface area (Å²) in [5.74, 6) is 2.82. The molecule has 0 saturated heterocycles. The molecule has 0 bridgehead atoms. The molecular formula is C27H41N3. The highest BCUT2D eigenvalue weighted by Crippen LogP contribution is 2.31. The van der Waals surface area contributed by atoms with E-state index in [1.54, 1.807) is 12.4 Å². The predicted molar refractivity (Wildman–Crippen MR) is 127 cm³/mol. The molecule has 1 aliphatic rings. The second-order valence-corrected chi connectivity index (χ2v) is 9.28. The quantitative estimate of drug-likeness (QED) is 0.363. The normalized spacial score (nSPS) is 19.3. The van der Waals surface area contributed by atoms with Crippen LogP contribution in [0.5, 0.6) is 0 Å². The van der Waals surface area contributed by atoms with E-state index in [2.05, 4.69) is 53.0 Å². The number of hydrogen-bond donors (Lipinski definition) is 0. The number of nitrogens with zero attached hydrogens (tertiary/aromatic N) is 3. The molecule has 164 valence electrons. The van der Waals surface area contributed by atoms with Gasteiger partial charge in [-0.15, -0.1) is 0 Å². The van der Waals surface area contributed by atoms with Crippen LogP contribution in [0.25, 0.3) is 11.4 Å². The van der Waals surface area contributed by atoms with Gasteiger partial charge in [-0.2, -0.15) is 0 Å². The maximum atomic E-state index is 4.33. The van der Waals surface area contributed by atoms with Crippen molar-refractivity contribution in [1.29, 1.82) is 0 Å². The van der Waals surface area contributed by atoms with Crippen LogP contribution in [0.1, 0.15) is 77.2 Å². The molecule has 3 heteroatoms. The minimum absolute atomic E-state index is 0.805. The minimum Gasteiger partial charge on any atom is -0.304 e. The number of aromatic nitrogens is 2. The zero-order valence-electron chi connectivity index (χ0n) is 19.2. The van der Waals surface area contributed by atoms with Crippen molar-refractivity contribution in [1.82, 2.24) is 14.9 Å². The molecule has 1 heterocycles. The SMILES string of the molecule is CCN(CCCCCC1CCC(C)CC1)CCCc1ccc(-c2ncccn2)cc1. The molecular weight excluding hydrogens is 366 g/mol. The van der Waals surface area contributed by atoms with Crippen LogP contribution in [0.4, 0.5) is 0 Å². The van der Waals surface area contributed by atoms with Crippen molar-refractivity contribution < 1.29 is 0 Å². The molecule has 1 aromatic carbocycles. The van der Waals surface area contributed by atoms with E-state index in [-0.39, 0.29) is 0 Å². The van der Waals surface area contributed by atoms with E-state index < -0.39 is 0 Å². The Morgan fingerprint density at radius 3 is 2.27 bits per heavy atom. The van der Waals surface area contributed by atoms with Gasteiger partial charge in [0.1, 0.15) is 0 Å². The summed E-state index contributed by atoms with van der Waals surface area (Å²) < 4.78 is 0. The summed E-state index contributed by atoms with van der Waals surface area (Å²) in [5, 5.41) is 0. The van der Waals surface area contributed by atoms with Crippen LogP contribution < -0.4 is 0 Å². The van der Waals surface area contributed by atoms with E-state index in [0.717, 1.165) is 29.6 Å². The molecule has 0 amide bonds. The van der Waals surface area contributed by atoms with Crippen molar-refractivity contribution in [3.8, 4) is 11.4 Å². The molecule has 1 saturated carbocycles. The smallest absolute Gasteiger partial charge is 0.159 e. The van der Waals surface area contributed by atoms with Crippen LogP contribution in [-0.2, 0) is 6.42 Å². The van der Waals surface area contributed by atoms with E-state index in [9.17, 15) is 0 Å². The third kappa shape index (κ3) is 7.83. The van der Waals surface area contributed by atoms with Gasteiger partial charge in [-0.3, -0.25) is 0 Å². The molecule has 0 radical (unpaired) electrons. The van der Waals surface area contributed by atoms with Crippen molar-refractivity contribution in [3.05, 3.63) is 48.3 Å². The zero-order chi connectivity index (χ0) is 21.0. The van der Waals surface area contributed by atoms with Gasteiger partial charge < -0.3 is 4.90 Å². The van der Waals surface area contributed by atoms with E-state index >= 15 is 0 Å². The molecule has 2 aromatic rings. The number of aryl methyl sites for hydroxylation is 1. The van der Waals surface area contributed by atoms with Gasteiger partial charge in [0.25, 0.3) is 0 Å². The molecule has 3 rings (SSSR count). The molecule has 1 fully saturated rings. The lowest BCUT2D eigenvalue weighted by molar-refractivity contribution is 0.260. The first-order valence-corrected chi connectivity index (χ1v) is 12.3. The van der Waals surface area contributed by atoms with Crippen molar-refractivity contribution in [2.45, 2.75) is 78.1 Å². The molecule has 1 aliphatic carbocycles. The van der Waals surface area contributed by atoms with Crippen LogP contribution in [0.2, 0.25) is 0 Å². The lowest BCUT2D eigenvalue weighted by atomic mass is 9.80. The molecule has 0 atom stereocenters. The second-order valence-electron chi connectivity index (χ2n) is 9.28. The van der Waals surface area contributed by atoms with Gasteiger partial charge in [-0.1, -0.05) is 83.1 Å². The molecule has 0 unspecified atom stereocenters. The van der Waals surface area contributed by atoms with Crippen LogP contribution in [0.15, 0.2) is 42.7 Å². The Bertz CT molecular complexity index is 690. The molecule has 3 nitrogen and oxygen atoms in total. The summed E-state index contributed by atoms with van der Waals surface area (Å²) in [7, 11) is 0. The van der Waals surface area contributed by atoms with Crippen LogP contribution in [0, 0.1) is 11.8 Å². The Morgan fingerprint density at radius 2 is 1.57 bits per heavy atom. The molecule has 0 aliphatic heterocycles. The van der Waals surface area contributed by atoms with Gasteiger partial charge in [0.2, 0.25) is 0 Å². The average molecular weight is 408 g/mol. The standard InChI is InChI=1S/C27H41N3/c1-3-30(21-6-4-5-9-24-13-11-23(2)12-14-24)22-7-10-25-15-17-26(18-16-25)27-28-19-8-20-29-27/h8,15-20,23-24H,3-7,9-14,21-22H2,1-2H3. The monoisotopic (exact) mass is 407 g/mol. The maximum Gasteiger partial charge on any atom is 0.159 e. The molecule has 0 N–H and O–H groups in total. The first-order chi connectivity index (χ1) is 14.7. The van der Waals surface area contributed by atoms with Gasteiger partial charge in [0.05, 0.1) is 0 Å². The van der Waals surface area contributed by atoms with Gasteiger partial charge in [0.15, 0.2) is 5.82 Å². The Labute approximate surface area is 184 Å². The average Bonchev–Trinajstić information content (AvgIpc) is 2.80. The van der Waals surface area contributed by atoms with Gasteiger partial charge in [0, 0.05) is 18.0 Å². The number of hydrogen-bond acceptors (Lipinski definition) is 3. The number of rotatable bonds is 12. The molecule has 30 heavy (non-hydrogen) atoms. The Balaban J connectivity index is 1.28. The van der Waals surface area contributed by atoms with Crippen LogP contribution >= 0.6 is 0 Å². The number of unbranched alkanes of at least 4 members (excludes halogenated alkanes) is 2. The summed E-state index contributed by atoms with van der Waals surface area (Å²) in [6.45, 7) is 8.37. The van der Waals surface area contributed by atoms with Crippen molar-refractivity contribution in [2.75, 3.05) is 19.6 Å². The van der Waals surface area contributed by atoms with Gasteiger partial charge in [-0.25, -0.2) is 9.97 Å². The predicted octanol–water partition coefficient (Wildman–Crippen LogP) is 6.78. The third-order valence-corrected chi connectivity index (χ3v) is 6.89. The van der Waals surface area contributed by atoms with Gasteiger partial charge in [-0.05, 0) is 62.4 Å². The minimum atomic E-state index is 0.805. The third-order valence-electron chi connectivity index (χ3n) is 6.89. The zero-order valence-corrected chi connectivity index (χ0v) is 19.2. The summed E-state index contributed by atoms with van der Waals surface area (Å²) in [6, 6.07) is 10.6. The Kier molecular flexibility index (Phi) is 9.82. The Morgan fingerprint density at radius 1 is 0.867 bits per heavy atom. The second kappa shape index (κ2) is 12.8. The summed E-state index contributed by atoms with van der Waals surface area (Å²) in [6.07, 6.45) is 17.6. The van der Waals surface area contributed by atoms with Crippen molar-refractivity contribution in [2.24, 2.45) is 11.8 Å². The highest BCUT2D eigenvalue weighted by atomic mass is 15.1. The molecule has 1 aromatic heterocycles. The first-order valence-electron chi connectivity index (χ1n) is 12.3.